The van der Waals surface area contributed by atoms with Crippen molar-refractivity contribution in [3.05, 3.63) is 54.1 Å². The van der Waals surface area contributed by atoms with E-state index in [0.717, 1.165) is 25.1 Å². The summed E-state index contributed by atoms with van der Waals surface area (Å²) in [6.45, 7) is 7.52. The molecule has 2 atom stereocenters. The molecule has 0 aliphatic carbocycles. The van der Waals surface area contributed by atoms with Crippen LogP contribution in [0.25, 0.3) is 0 Å². The van der Waals surface area contributed by atoms with Gasteiger partial charge in [-0.25, -0.2) is 4.98 Å². The minimum Gasteiger partial charge on any atom is -0.390 e. The minimum absolute atomic E-state index is 0.276. The molecule has 0 saturated heterocycles. The number of benzene rings is 1. The van der Waals surface area contributed by atoms with Crippen LogP contribution < -0.4 is 5.73 Å². The number of hydrogen-bond donors (Lipinski definition) is 2. The summed E-state index contributed by atoms with van der Waals surface area (Å²) in [5.74, 6) is 0.0279. The highest BCUT2D eigenvalue weighted by Gasteiger charge is 2.16. The van der Waals surface area contributed by atoms with Gasteiger partial charge in [0.1, 0.15) is 0 Å². The maximum absolute atomic E-state index is 11.1. The molecule has 0 aliphatic heterocycles. The monoisotopic (exact) mass is 400 g/mol. The predicted octanol–water partition coefficient (Wildman–Crippen LogP) is 2.96. The van der Waals surface area contributed by atoms with Crippen LogP contribution in [-0.4, -0.2) is 51.2 Å². The smallest absolute Gasteiger partial charge is 0.221 e. The van der Waals surface area contributed by atoms with Crippen molar-refractivity contribution in [3.8, 4) is 0 Å². The van der Waals surface area contributed by atoms with Crippen LogP contribution in [-0.2, 0) is 17.8 Å². The molecule has 0 fully saturated rings. The van der Waals surface area contributed by atoms with Gasteiger partial charge >= 0.3 is 0 Å². The summed E-state index contributed by atoms with van der Waals surface area (Å²) >= 11 is 0. The normalized spacial score (nSPS) is 13.5. The molecule has 3 N–H and O–H groups in total. The molecule has 0 radical (unpaired) electrons. The third kappa shape index (κ3) is 8.79. The van der Waals surface area contributed by atoms with E-state index in [4.69, 9.17) is 5.73 Å². The summed E-state index contributed by atoms with van der Waals surface area (Å²) in [7, 11) is 0. The molecule has 0 bridgehead atoms. The van der Waals surface area contributed by atoms with Crippen LogP contribution in [0.2, 0.25) is 0 Å². The first-order valence-electron chi connectivity index (χ1n) is 10.7. The van der Waals surface area contributed by atoms with Crippen LogP contribution in [0.3, 0.4) is 0 Å². The van der Waals surface area contributed by atoms with E-state index >= 15 is 0 Å². The van der Waals surface area contributed by atoms with Crippen LogP contribution in [0, 0.1) is 0 Å². The molecule has 6 heteroatoms. The van der Waals surface area contributed by atoms with E-state index in [0.29, 0.717) is 19.0 Å². The molecule has 1 aromatic heterocycles. The lowest BCUT2D eigenvalue weighted by atomic mass is 9.98. The lowest BCUT2D eigenvalue weighted by Crippen LogP contribution is -2.37. The number of primary amides is 1. The molecule has 29 heavy (non-hydrogen) atoms. The fourth-order valence-electron chi connectivity index (χ4n) is 3.67. The number of rotatable bonds is 14. The number of hydrogen-bond acceptors (Lipinski definition) is 4. The van der Waals surface area contributed by atoms with Gasteiger partial charge < -0.3 is 20.3 Å². The van der Waals surface area contributed by atoms with Crippen LogP contribution >= 0.6 is 0 Å². The number of unbranched alkanes of at least 4 members (excludes halogenated alkanes) is 3. The van der Waals surface area contributed by atoms with Gasteiger partial charge in [0, 0.05) is 25.5 Å². The molecular formula is C23H36N4O2. The second-order valence-corrected chi connectivity index (χ2v) is 8.02. The highest BCUT2D eigenvalue weighted by Crippen LogP contribution is 2.18. The number of nitrogens with two attached hydrogens (primary N) is 1. The standard InChI is InChI=1S/C23H36N4O2/c1-3-4-5-6-12-26(16-22(28)17-27-13-11-25-18-27)15-19(2)21-9-7-20(8-10-21)14-23(24)29/h7-11,13,18-19,22,28H,3-6,12,14-17H2,1-2H3,(H2,24,29). The van der Waals surface area contributed by atoms with E-state index in [9.17, 15) is 9.90 Å². The summed E-state index contributed by atoms with van der Waals surface area (Å²) in [6, 6.07) is 8.13. The van der Waals surface area contributed by atoms with Gasteiger partial charge in [-0.2, -0.15) is 0 Å². The van der Waals surface area contributed by atoms with Crippen molar-refractivity contribution in [3.63, 3.8) is 0 Å². The number of aliphatic hydroxyl groups excluding tert-OH is 1. The van der Waals surface area contributed by atoms with Crippen molar-refractivity contribution < 1.29 is 9.90 Å². The molecular weight excluding hydrogens is 364 g/mol. The minimum atomic E-state index is -0.430. The maximum Gasteiger partial charge on any atom is 0.221 e. The largest absolute Gasteiger partial charge is 0.390 e. The van der Waals surface area contributed by atoms with Gasteiger partial charge in [0.25, 0.3) is 0 Å². The van der Waals surface area contributed by atoms with Gasteiger partial charge in [0.15, 0.2) is 0 Å². The Kier molecular flexibility index (Phi) is 9.88. The quantitative estimate of drug-likeness (QED) is 0.478. The first-order valence-corrected chi connectivity index (χ1v) is 10.7. The molecule has 2 rings (SSSR count). The van der Waals surface area contributed by atoms with Crippen molar-refractivity contribution in [2.75, 3.05) is 19.6 Å². The molecule has 0 saturated carbocycles. The van der Waals surface area contributed by atoms with Crippen LogP contribution in [0.5, 0.6) is 0 Å². The van der Waals surface area contributed by atoms with Gasteiger partial charge in [0.05, 0.1) is 25.4 Å². The highest BCUT2D eigenvalue weighted by atomic mass is 16.3. The van der Waals surface area contributed by atoms with E-state index in [1.807, 2.05) is 22.9 Å². The van der Waals surface area contributed by atoms with Gasteiger partial charge in [0.2, 0.25) is 5.91 Å². The summed E-state index contributed by atoms with van der Waals surface area (Å²) in [4.78, 5) is 17.5. The molecule has 2 unspecified atom stereocenters. The van der Waals surface area contributed by atoms with Crippen LogP contribution in [0.1, 0.15) is 56.6 Å². The SMILES string of the molecule is CCCCCCN(CC(O)Cn1ccnc1)CC(C)c1ccc(CC(N)=O)cc1. The highest BCUT2D eigenvalue weighted by molar-refractivity contribution is 5.76. The average Bonchev–Trinajstić information content (AvgIpc) is 3.18. The van der Waals surface area contributed by atoms with Gasteiger partial charge in [-0.15, -0.1) is 0 Å². The van der Waals surface area contributed by atoms with Crippen molar-refractivity contribution >= 4 is 5.91 Å². The lowest BCUT2D eigenvalue weighted by Gasteiger charge is -2.28. The Hall–Kier alpha value is -2.18. The van der Waals surface area contributed by atoms with Crippen molar-refractivity contribution in [2.45, 2.75) is 64.5 Å². The lowest BCUT2D eigenvalue weighted by molar-refractivity contribution is -0.117. The molecule has 160 valence electrons. The molecule has 0 spiro atoms. The van der Waals surface area contributed by atoms with Gasteiger partial charge in [-0.3, -0.25) is 4.79 Å². The number of nitrogens with zero attached hydrogens (tertiary/aromatic N) is 3. The molecule has 1 aromatic carbocycles. The molecule has 6 nitrogen and oxygen atoms in total. The Morgan fingerprint density at radius 2 is 1.97 bits per heavy atom. The fourth-order valence-corrected chi connectivity index (χ4v) is 3.67. The predicted molar refractivity (Wildman–Crippen MR) is 117 cm³/mol. The Morgan fingerprint density at radius 1 is 1.21 bits per heavy atom. The average molecular weight is 401 g/mol. The zero-order chi connectivity index (χ0) is 21.1. The number of aromatic nitrogens is 2. The van der Waals surface area contributed by atoms with Crippen molar-refractivity contribution in [1.82, 2.24) is 14.5 Å². The van der Waals surface area contributed by atoms with E-state index in [-0.39, 0.29) is 12.3 Å². The van der Waals surface area contributed by atoms with Crippen LogP contribution in [0.4, 0.5) is 0 Å². The Labute approximate surface area is 174 Å². The Balaban J connectivity index is 1.94. The second kappa shape index (κ2) is 12.4. The fraction of sp³-hybridized carbons (Fsp3) is 0.565. The number of carbonyl (C=O) groups excluding carboxylic acids is 1. The van der Waals surface area contributed by atoms with Crippen LogP contribution in [0.15, 0.2) is 43.0 Å². The van der Waals surface area contributed by atoms with Crippen molar-refractivity contribution in [2.24, 2.45) is 5.73 Å². The second-order valence-electron chi connectivity index (χ2n) is 8.02. The number of imidazole rings is 1. The van der Waals surface area contributed by atoms with E-state index in [2.05, 4.69) is 35.9 Å². The van der Waals surface area contributed by atoms with E-state index < -0.39 is 6.10 Å². The maximum atomic E-state index is 11.1. The molecule has 0 aliphatic rings. The number of aliphatic hydroxyl groups is 1. The molecule has 1 heterocycles. The summed E-state index contributed by atoms with van der Waals surface area (Å²) in [6.07, 6.45) is 10.0. The van der Waals surface area contributed by atoms with Crippen molar-refractivity contribution in [1.29, 1.82) is 0 Å². The zero-order valence-corrected chi connectivity index (χ0v) is 17.8. The summed E-state index contributed by atoms with van der Waals surface area (Å²) in [5, 5.41) is 10.6. The Morgan fingerprint density at radius 3 is 2.59 bits per heavy atom. The third-order valence-corrected chi connectivity index (χ3v) is 5.24. The van der Waals surface area contributed by atoms with Gasteiger partial charge in [-0.1, -0.05) is 57.4 Å². The van der Waals surface area contributed by atoms with E-state index in [1.54, 1.807) is 12.5 Å². The van der Waals surface area contributed by atoms with E-state index in [1.165, 1.54) is 24.8 Å². The summed E-state index contributed by atoms with van der Waals surface area (Å²) in [5.41, 5.74) is 7.46. The summed E-state index contributed by atoms with van der Waals surface area (Å²) < 4.78 is 1.92. The number of amides is 1. The molecule has 1 amide bonds. The topological polar surface area (TPSA) is 84.4 Å². The first-order chi connectivity index (χ1) is 14.0. The first kappa shape index (κ1) is 23.1. The Bertz CT molecular complexity index is 700. The third-order valence-electron chi connectivity index (χ3n) is 5.24. The number of carbonyl (C=O) groups is 1. The molecule has 2 aromatic rings. The van der Waals surface area contributed by atoms with Gasteiger partial charge in [-0.05, 0) is 30.0 Å². The zero-order valence-electron chi connectivity index (χ0n) is 17.8.